The second-order valence-corrected chi connectivity index (χ2v) is 6.82. The summed E-state index contributed by atoms with van der Waals surface area (Å²) in [7, 11) is 0. The lowest BCUT2D eigenvalue weighted by molar-refractivity contribution is 0.107. The molecule has 19 heavy (non-hydrogen) atoms. The minimum Gasteiger partial charge on any atom is -0.465 e. The molecule has 108 valence electrons. The number of thiazole rings is 1. The molecule has 0 aliphatic rings. The summed E-state index contributed by atoms with van der Waals surface area (Å²) in [4.78, 5) is 16.9. The van der Waals surface area contributed by atoms with Gasteiger partial charge in [0.15, 0.2) is 0 Å². The quantitative estimate of drug-likeness (QED) is 0.876. The van der Waals surface area contributed by atoms with Crippen molar-refractivity contribution in [3.63, 3.8) is 0 Å². The van der Waals surface area contributed by atoms with Crippen molar-refractivity contribution < 1.29 is 15.0 Å². The van der Waals surface area contributed by atoms with Crippen LogP contribution in [0, 0.1) is 5.41 Å². The third-order valence-electron chi connectivity index (χ3n) is 2.46. The van der Waals surface area contributed by atoms with Gasteiger partial charge >= 0.3 is 6.09 Å². The van der Waals surface area contributed by atoms with Gasteiger partial charge in [0.1, 0.15) is 5.15 Å². The topological polar surface area (TPSA) is 73.7 Å². The van der Waals surface area contributed by atoms with Crippen LogP contribution in [0.5, 0.6) is 0 Å². The summed E-state index contributed by atoms with van der Waals surface area (Å²) in [5.74, 6) is 0. The number of hydrogen-bond acceptors (Lipinski definition) is 4. The number of halogens is 1. The smallest absolute Gasteiger partial charge is 0.407 e. The van der Waals surface area contributed by atoms with Gasteiger partial charge in [-0.15, -0.1) is 11.3 Å². The van der Waals surface area contributed by atoms with Crippen molar-refractivity contribution >= 4 is 29.0 Å². The van der Waals surface area contributed by atoms with Crippen molar-refractivity contribution in [2.45, 2.75) is 33.3 Å². The van der Waals surface area contributed by atoms with Crippen LogP contribution in [0.3, 0.4) is 0 Å². The Hall–Kier alpha value is -0.850. The van der Waals surface area contributed by atoms with Crippen LogP contribution in [0.25, 0.3) is 0 Å². The van der Waals surface area contributed by atoms with E-state index in [9.17, 15) is 9.90 Å². The first kappa shape index (κ1) is 16.2. The lowest BCUT2D eigenvalue weighted by Gasteiger charge is -2.28. The summed E-state index contributed by atoms with van der Waals surface area (Å²) in [6, 6.07) is 0. The van der Waals surface area contributed by atoms with Crippen LogP contribution in [0.2, 0.25) is 5.15 Å². The van der Waals surface area contributed by atoms with Gasteiger partial charge in [-0.05, 0) is 11.8 Å². The number of carbonyl (C=O) groups is 1. The Bertz CT molecular complexity index is 431. The first-order chi connectivity index (χ1) is 8.70. The highest BCUT2D eigenvalue weighted by Gasteiger charge is 2.22. The number of amides is 1. The maximum absolute atomic E-state index is 11.2. The van der Waals surface area contributed by atoms with E-state index in [0.29, 0.717) is 17.8 Å². The van der Waals surface area contributed by atoms with Crippen molar-refractivity contribution in [3.8, 4) is 0 Å². The van der Waals surface area contributed by atoms with Gasteiger partial charge in [0.25, 0.3) is 0 Å². The van der Waals surface area contributed by atoms with Crippen molar-refractivity contribution in [1.82, 2.24) is 9.88 Å². The van der Waals surface area contributed by atoms with E-state index in [4.69, 9.17) is 16.7 Å². The third-order valence-corrected chi connectivity index (χ3v) is 3.80. The molecule has 0 radical (unpaired) electrons. The molecule has 0 aliphatic carbocycles. The van der Waals surface area contributed by atoms with Gasteiger partial charge in [-0.25, -0.2) is 9.78 Å². The van der Waals surface area contributed by atoms with Gasteiger partial charge in [0.05, 0.1) is 16.5 Å². The number of carboxylic acid groups (broad SMARTS) is 1. The second kappa shape index (κ2) is 6.54. The van der Waals surface area contributed by atoms with Gasteiger partial charge in [-0.1, -0.05) is 32.4 Å². The molecule has 1 aromatic rings. The molecule has 5 nitrogen and oxygen atoms in total. The maximum Gasteiger partial charge on any atom is 0.407 e. The summed E-state index contributed by atoms with van der Waals surface area (Å²) in [6.45, 7) is 6.60. The summed E-state index contributed by atoms with van der Waals surface area (Å²) in [5.41, 5.74) is 1.44. The van der Waals surface area contributed by atoms with Crippen LogP contribution >= 0.6 is 22.9 Å². The highest BCUT2D eigenvalue weighted by atomic mass is 35.5. The zero-order chi connectivity index (χ0) is 14.6. The molecular formula is C12H19ClN2O3S. The largest absolute Gasteiger partial charge is 0.465 e. The monoisotopic (exact) mass is 306 g/mol. The van der Waals surface area contributed by atoms with Crippen molar-refractivity contribution in [2.75, 3.05) is 13.1 Å². The molecule has 2 N–H and O–H groups in total. The molecule has 1 aromatic heterocycles. The Kier molecular flexibility index (Phi) is 5.58. The molecule has 1 rings (SSSR count). The zero-order valence-corrected chi connectivity index (χ0v) is 12.8. The summed E-state index contributed by atoms with van der Waals surface area (Å²) in [6.07, 6.45) is -1.44. The Morgan fingerprint density at radius 3 is 2.63 bits per heavy atom. The highest BCUT2D eigenvalue weighted by molar-refractivity contribution is 7.10. The number of hydrogen-bond donors (Lipinski definition) is 2. The van der Waals surface area contributed by atoms with Crippen LogP contribution in [-0.4, -0.2) is 39.3 Å². The minimum atomic E-state index is -0.975. The highest BCUT2D eigenvalue weighted by Crippen LogP contribution is 2.28. The van der Waals surface area contributed by atoms with Crippen LogP contribution in [0.4, 0.5) is 4.79 Å². The zero-order valence-electron chi connectivity index (χ0n) is 11.3. The van der Waals surface area contributed by atoms with Gasteiger partial charge in [-0.3, -0.25) is 0 Å². The van der Waals surface area contributed by atoms with Crippen LogP contribution in [0.15, 0.2) is 5.51 Å². The fourth-order valence-corrected chi connectivity index (χ4v) is 2.74. The van der Waals surface area contributed by atoms with E-state index in [1.807, 2.05) is 20.8 Å². The summed E-state index contributed by atoms with van der Waals surface area (Å²) >= 11 is 7.10. The molecule has 1 amide bonds. The normalized spacial score (nSPS) is 13.3. The molecule has 0 aliphatic heterocycles. The van der Waals surface area contributed by atoms with E-state index >= 15 is 0 Å². The minimum absolute atomic E-state index is 0.120. The number of nitrogens with zero attached hydrogens (tertiary/aromatic N) is 2. The van der Waals surface area contributed by atoms with Crippen molar-refractivity contribution in [1.29, 1.82) is 0 Å². The Balaban J connectivity index is 2.57. The molecule has 1 unspecified atom stereocenters. The van der Waals surface area contributed by atoms with Crippen molar-refractivity contribution in [2.24, 2.45) is 5.41 Å². The molecule has 0 saturated carbocycles. The first-order valence-corrected chi connectivity index (χ1v) is 7.21. The fourth-order valence-electron chi connectivity index (χ4n) is 1.68. The SMILES string of the molecule is CC(C)(C)CN(CCC(O)c1scnc1Cl)C(=O)O. The van der Waals surface area contributed by atoms with Crippen molar-refractivity contribution in [3.05, 3.63) is 15.5 Å². The molecule has 1 heterocycles. The van der Waals surface area contributed by atoms with Crippen LogP contribution in [0.1, 0.15) is 38.2 Å². The van der Waals surface area contributed by atoms with E-state index < -0.39 is 12.2 Å². The molecule has 0 saturated heterocycles. The third kappa shape index (κ3) is 5.34. The van der Waals surface area contributed by atoms with E-state index in [2.05, 4.69) is 4.98 Å². The molecule has 0 aromatic carbocycles. The molecule has 0 spiro atoms. The maximum atomic E-state index is 11.2. The lowest BCUT2D eigenvalue weighted by Crippen LogP contribution is -2.37. The predicted molar refractivity (Wildman–Crippen MR) is 75.8 cm³/mol. The number of aliphatic hydroxyl groups is 1. The Morgan fingerprint density at radius 1 is 1.58 bits per heavy atom. The summed E-state index contributed by atoms with van der Waals surface area (Å²) in [5, 5.41) is 19.4. The first-order valence-electron chi connectivity index (χ1n) is 5.95. The molecule has 0 fully saturated rings. The number of aromatic nitrogens is 1. The molecule has 1 atom stereocenters. The van der Waals surface area contributed by atoms with Gasteiger partial charge in [0, 0.05) is 13.1 Å². The Morgan fingerprint density at radius 2 is 2.21 bits per heavy atom. The van der Waals surface area contributed by atoms with Gasteiger partial charge in [0.2, 0.25) is 0 Å². The van der Waals surface area contributed by atoms with E-state index in [1.54, 1.807) is 5.51 Å². The Labute approximate surface area is 121 Å². The average Bonchev–Trinajstić information content (AvgIpc) is 2.68. The standard InChI is InChI=1S/C12H19ClN2O3S/c1-12(2,3)6-15(11(17)18)5-4-8(16)9-10(13)14-7-19-9/h7-8,16H,4-6H2,1-3H3,(H,17,18). The molecule has 7 heteroatoms. The lowest BCUT2D eigenvalue weighted by atomic mass is 9.96. The second-order valence-electron chi connectivity index (χ2n) is 5.58. The van der Waals surface area contributed by atoms with E-state index in [-0.39, 0.29) is 17.1 Å². The van der Waals surface area contributed by atoms with E-state index in [0.717, 1.165) is 0 Å². The summed E-state index contributed by atoms with van der Waals surface area (Å²) < 4.78 is 0. The fraction of sp³-hybridized carbons (Fsp3) is 0.667. The average molecular weight is 307 g/mol. The predicted octanol–water partition coefficient (Wildman–Crippen LogP) is 3.25. The van der Waals surface area contributed by atoms with E-state index in [1.165, 1.54) is 16.2 Å². The molecule has 0 bridgehead atoms. The number of rotatable bonds is 5. The van der Waals surface area contributed by atoms with Gasteiger partial charge < -0.3 is 15.1 Å². The number of aliphatic hydroxyl groups excluding tert-OH is 1. The van der Waals surface area contributed by atoms with Gasteiger partial charge in [-0.2, -0.15) is 0 Å². The van der Waals surface area contributed by atoms with Crippen LogP contribution in [-0.2, 0) is 0 Å². The molecular weight excluding hydrogens is 288 g/mol. The van der Waals surface area contributed by atoms with Crippen LogP contribution < -0.4 is 0 Å².